The Morgan fingerprint density at radius 3 is 1.91 bits per heavy atom. The molecule has 46 heavy (non-hydrogen) atoms. The topological polar surface area (TPSA) is 35.5 Å². The van der Waals surface area contributed by atoms with Crippen LogP contribution in [0.25, 0.3) is 76.9 Å². The standard InChI is InChI=1S/C43H28O3/c1-43(2)34-11-5-6-12-36(34)44-41-23-28(16-19-35(41)43)27-14-17-31-32-18-15-29(24-39(32)46-38(31)22-27)30-10-7-13-37-42(30)33-20-25-8-3-4-9-26(25)21-40(33)45-37/h3-24H,1-2H3. The maximum absolute atomic E-state index is 6.55. The van der Waals surface area contributed by atoms with Crippen molar-refractivity contribution in [3.8, 4) is 33.8 Å². The first-order chi connectivity index (χ1) is 22.5. The minimum Gasteiger partial charge on any atom is -0.457 e. The van der Waals surface area contributed by atoms with Gasteiger partial charge in [-0.15, -0.1) is 0 Å². The van der Waals surface area contributed by atoms with E-state index in [1.807, 2.05) is 6.07 Å². The minimum atomic E-state index is -0.135. The zero-order chi connectivity index (χ0) is 30.6. The average molecular weight is 593 g/mol. The normalized spacial score (nSPS) is 13.8. The Balaban J connectivity index is 1.07. The summed E-state index contributed by atoms with van der Waals surface area (Å²) in [6.07, 6.45) is 0. The van der Waals surface area contributed by atoms with Gasteiger partial charge in [0, 0.05) is 38.1 Å². The zero-order valence-corrected chi connectivity index (χ0v) is 25.4. The van der Waals surface area contributed by atoms with Crippen LogP contribution in [-0.2, 0) is 5.41 Å². The molecule has 10 rings (SSSR count). The molecular weight excluding hydrogens is 564 g/mol. The third-order valence-electron chi connectivity index (χ3n) is 9.92. The highest BCUT2D eigenvalue weighted by atomic mass is 16.5. The van der Waals surface area contributed by atoms with Gasteiger partial charge in [0.1, 0.15) is 33.8 Å². The molecule has 1 aliphatic heterocycles. The van der Waals surface area contributed by atoms with Gasteiger partial charge in [0.2, 0.25) is 0 Å². The quantitative estimate of drug-likeness (QED) is 0.200. The van der Waals surface area contributed by atoms with Gasteiger partial charge in [-0.1, -0.05) is 92.7 Å². The van der Waals surface area contributed by atoms with Crippen LogP contribution in [0.2, 0.25) is 0 Å². The fourth-order valence-corrected chi connectivity index (χ4v) is 7.51. The van der Waals surface area contributed by atoms with Crippen molar-refractivity contribution in [2.75, 3.05) is 0 Å². The monoisotopic (exact) mass is 592 g/mol. The molecule has 0 bridgehead atoms. The van der Waals surface area contributed by atoms with E-state index in [0.717, 1.165) is 77.6 Å². The van der Waals surface area contributed by atoms with Gasteiger partial charge in [0.15, 0.2) is 0 Å². The number of fused-ring (bicyclic) bond motifs is 9. The molecule has 0 saturated carbocycles. The summed E-state index contributed by atoms with van der Waals surface area (Å²) in [6.45, 7) is 4.53. The van der Waals surface area contributed by atoms with Crippen LogP contribution in [0.4, 0.5) is 0 Å². The second kappa shape index (κ2) is 9.12. The smallest absolute Gasteiger partial charge is 0.136 e. The van der Waals surface area contributed by atoms with Gasteiger partial charge in [-0.25, -0.2) is 0 Å². The molecule has 3 heterocycles. The van der Waals surface area contributed by atoms with E-state index in [2.05, 4.69) is 141 Å². The van der Waals surface area contributed by atoms with Crippen molar-refractivity contribution in [2.24, 2.45) is 0 Å². The zero-order valence-electron chi connectivity index (χ0n) is 25.4. The maximum atomic E-state index is 6.55. The molecule has 0 fully saturated rings. The van der Waals surface area contributed by atoms with Crippen LogP contribution in [0, 0.1) is 0 Å². The van der Waals surface area contributed by atoms with Crippen LogP contribution in [0.3, 0.4) is 0 Å². The van der Waals surface area contributed by atoms with E-state index in [9.17, 15) is 0 Å². The highest BCUT2D eigenvalue weighted by molar-refractivity contribution is 6.16. The van der Waals surface area contributed by atoms with Crippen LogP contribution in [0.1, 0.15) is 25.0 Å². The molecule has 0 unspecified atom stereocenters. The van der Waals surface area contributed by atoms with Crippen LogP contribution in [-0.4, -0.2) is 0 Å². The third kappa shape index (κ3) is 3.60. The molecule has 0 spiro atoms. The lowest BCUT2D eigenvalue weighted by Gasteiger charge is -2.34. The molecule has 218 valence electrons. The summed E-state index contributed by atoms with van der Waals surface area (Å²) in [5.41, 5.74) is 10.2. The predicted octanol–water partition coefficient (Wildman–Crippen LogP) is 12.4. The predicted molar refractivity (Wildman–Crippen MR) is 188 cm³/mol. The molecule has 2 aromatic heterocycles. The molecule has 0 aliphatic carbocycles. The molecule has 0 saturated heterocycles. The molecule has 0 atom stereocenters. The molecule has 1 aliphatic rings. The summed E-state index contributed by atoms with van der Waals surface area (Å²) < 4.78 is 19.3. The first kappa shape index (κ1) is 25.5. The Kier molecular flexibility index (Phi) is 5.06. The number of rotatable bonds is 2. The molecule has 0 N–H and O–H groups in total. The van der Waals surface area contributed by atoms with Gasteiger partial charge in [0.05, 0.1) is 0 Å². The van der Waals surface area contributed by atoms with E-state index in [4.69, 9.17) is 13.6 Å². The summed E-state index contributed by atoms with van der Waals surface area (Å²) in [6, 6.07) is 47.0. The van der Waals surface area contributed by atoms with E-state index in [-0.39, 0.29) is 5.41 Å². The summed E-state index contributed by atoms with van der Waals surface area (Å²) in [5.74, 6) is 1.83. The first-order valence-corrected chi connectivity index (χ1v) is 15.7. The highest BCUT2D eigenvalue weighted by Crippen LogP contribution is 2.49. The van der Waals surface area contributed by atoms with Gasteiger partial charge in [-0.2, -0.15) is 0 Å². The summed E-state index contributed by atoms with van der Waals surface area (Å²) >= 11 is 0. The second-order valence-electron chi connectivity index (χ2n) is 12.9. The van der Waals surface area contributed by atoms with Crippen molar-refractivity contribution < 1.29 is 13.6 Å². The van der Waals surface area contributed by atoms with Crippen LogP contribution in [0.5, 0.6) is 11.5 Å². The van der Waals surface area contributed by atoms with Gasteiger partial charge in [-0.05, 0) is 87.6 Å². The Hall–Kier alpha value is -5.80. The molecule has 0 radical (unpaired) electrons. The summed E-state index contributed by atoms with van der Waals surface area (Å²) in [5, 5.41) is 6.84. The van der Waals surface area contributed by atoms with Gasteiger partial charge in [-0.3, -0.25) is 0 Å². The first-order valence-electron chi connectivity index (χ1n) is 15.7. The summed E-state index contributed by atoms with van der Waals surface area (Å²) in [7, 11) is 0. The van der Waals surface area contributed by atoms with Crippen molar-refractivity contribution in [1.82, 2.24) is 0 Å². The van der Waals surface area contributed by atoms with Crippen molar-refractivity contribution in [3.63, 3.8) is 0 Å². The largest absolute Gasteiger partial charge is 0.457 e. The number of furan rings is 2. The minimum absolute atomic E-state index is 0.135. The number of benzene rings is 7. The lowest BCUT2D eigenvalue weighted by molar-refractivity contribution is 0.418. The van der Waals surface area contributed by atoms with Crippen LogP contribution >= 0.6 is 0 Å². The Morgan fingerprint density at radius 2 is 1.07 bits per heavy atom. The Labute approximate surface area is 265 Å². The van der Waals surface area contributed by atoms with Crippen molar-refractivity contribution in [2.45, 2.75) is 19.3 Å². The van der Waals surface area contributed by atoms with Crippen LogP contribution < -0.4 is 4.74 Å². The van der Waals surface area contributed by atoms with Crippen molar-refractivity contribution in [3.05, 3.63) is 145 Å². The van der Waals surface area contributed by atoms with Gasteiger partial charge < -0.3 is 13.6 Å². The fraction of sp³-hybridized carbons (Fsp3) is 0.0698. The third-order valence-corrected chi connectivity index (χ3v) is 9.92. The molecular formula is C43H28O3. The molecule has 7 aromatic carbocycles. The lowest BCUT2D eigenvalue weighted by atomic mass is 9.75. The highest BCUT2D eigenvalue weighted by Gasteiger charge is 2.34. The van der Waals surface area contributed by atoms with E-state index >= 15 is 0 Å². The average Bonchev–Trinajstić information content (AvgIpc) is 3.63. The van der Waals surface area contributed by atoms with E-state index in [0.29, 0.717) is 0 Å². The SMILES string of the molecule is CC1(C)c2ccccc2Oc2cc(-c3ccc4c(c3)oc3cc(-c5cccc6oc7cc8ccccc8cc7c56)ccc34)ccc21. The van der Waals surface area contributed by atoms with Crippen molar-refractivity contribution in [1.29, 1.82) is 0 Å². The van der Waals surface area contributed by atoms with Gasteiger partial charge in [0.25, 0.3) is 0 Å². The Morgan fingerprint density at radius 1 is 0.435 bits per heavy atom. The van der Waals surface area contributed by atoms with E-state index in [1.54, 1.807) is 0 Å². The summed E-state index contributed by atoms with van der Waals surface area (Å²) in [4.78, 5) is 0. The van der Waals surface area contributed by atoms with Gasteiger partial charge >= 0.3 is 0 Å². The lowest BCUT2D eigenvalue weighted by Crippen LogP contribution is -2.24. The second-order valence-corrected chi connectivity index (χ2v) is 12.9. The molecule has 0 amide bonds. The fourth-order valence-electron chi connectivity index (χ4n) is 7.51. The van der Waals surface area contributed by atoms with E-state index in [1.165, 1.54) is 21.9 Å². The van der Waals surface area contributed by atoms with Crippen LogP contribution in [0.15, 0.2) is 142 Å². The van der Waals surface area contributed by atoms with E-state index < -0.39 is 0 Å². The van der Waals surface area contributed by atoms with Crippen molar-refractivity contribution >= 4 is 54.6 Å². The Bertz CT molecular complexity index is 2700. The number of ether oxygens (including phenoxy) is 1. The molecule has 3 nitrogen and oxygen atoms in total. The molecule has 9 aromatic rings. The number of para-hydroxylation sites is 1. The maximum Gasteiger partial charge on any atom is 0.136 e. The number of hydrogen-bond donors (Lipinski definition) is 0. The molecule has 3 heteroatoms. The number of hydrogen-bond acceptors (Lipinski definition) is 3.